The molecule has 196 valence electrons. The first-order chi connectivity index (χ1) is 18.7. The van der Waals surface area contributed by atoms with Crippen molar-refractivity contribution >= 4 is 44.6 Å². The van der Waals surface area contributed by atoms with E-state index < -0.39 is 32.4 Å². The Balaban J connectivity index is 1.49. The van der Waals surface area contributed by atoms with Crippen LogP contribution in [-0.4, -0.2) is 30.6 Å². The SMILES string of the molecule is O=C1NC(=O)C(c2ccc(CN(c3cccc(C(=O)O)c3)S(=O)(=O)c3ccc(-c4ccccc4)cc3)cc2)S1. The number of imide groups is 1. The molecule has 2 amide bonds. The average Bonchev–Trinajstić information content (AvgIpc) is 3.30. The molecule has 5 rings (SSSR count). The number of hydrogen-bond donors (Lipinski definition) is 2. The number of anilines is 1. The van der Waals surface area contributed by atoms with E-state index in [4.69, 9.17) is 0 Å². The minimum atomic E-state index is -4.11. The maximum absolute atomic E-state index is 13.9. The Morgan fingerprint density at radius 1 is 0.846 bits per heavy atom. The van der Waals surface area contributed by atoms with Crippen molar-refractivity contribution in [1.82, 2.24) is 5.32 Å². The zero-order chi connectivity index (χ0) is 27.6. The van der Waals surface area contributed by atoms with E-state index in [2.05, 4.69) is 5.32 Å². The first kappa shape index (κ1) is 26.2. The molecule has 0 bridgehead atoms. The van der Waals surface area contributed by atoms with Gasteiger partial charge < -0.3 is 5.11 Å². The highest BCUT2D eigenvalue weighted by Crippen LogP contribution is 2.35. The lowest BCUT2D eigenvalue weighted by atomic mass is 10.1. The van der Waals surface area contributed by atoms with Crippen LogP contribution in [-0.2, 0) is 21.4 Å². The standard InChI is InChI=1S/C29H22N2O6S2/c32-27-26(38-29(35)30-27)22-11-9-19(10-12-22)18-31(24-8-4-7-23(17-24)28(33)34)39(36,37)25-15-13-21(14-16-25)20-5-2-1-3-6-20/h1-17,26H,18H2,(H,33,34)(H,30,32,35). The van der Waals surface area contributed by atoms with E-state index in [1.807, 2.05) is 30.3 Å². The molecule has 1 atom stereocenters. The second-order valence-electron chi connectivity index (χ2n) is 8.77. The van der Waals surface area contributed by atoms with Crippen LogP contribution in [0, 0.1) is 0 Å². The van der Waals surface area contributed by atoms with Gasteiger partial charge in [0.1, 0.15) is 5.25 Å². The number of aromatic carboxylic acids is 1. The normalized spacial score (nSPS) is 15.1. The summed E-state index contributed by atoms with van der Waals surface area (Å²) in [6.07, 6.45) is 0. The molecule has 1 unspecified atom stereocenters. The number of nitrogens with zero attached hydrogens (tertiary/aromatic N) is 1. The topological polar surface area (TPSA) is 121 Å². The van der Waals surface area contributed by atoms with Gasteiger partial charge in [0.15, 0.2) is 0 Å². The van der Waals surface area contributed by atoms with Gasteiger partial charge in [0.25, 0.3) is 15.3 Å². The van der Waals surface area contributed by atoms with E-state index in [0.29, 0.717) is 11.1 Å². The number of thioether (sulfide) groups is 1. The molecule has 1 fully saturated rings. The van der Waals surface area contributed by atoms with E-state index in [1.165, 1.54) is 30.3 Å². The van der Waals surface area contributed by atoms with Crippen molar-refractivity contribution in [1.29, 1.82) is 0 Å². The molecule has 8 nitrogen and oxygen atoms in total. The fraction of sp³-hybridized carbons (Fsp3) is 0.0690. The first-order valence-electron chi connectivity index (χ1n) is 11.8. The first-order valence-corrected chi connectivity index (χ1v) is 14.2. The number of amides is 2. The van der Waals surface area contributed by atoms with Gasteiger partial charge >= 0.3 is 5.97 Å². The van der Waals surface area contributed by atoms with Gasteiger partial charge in [-0.05, 0) is 64.3 Å². The average molecular weight is 559 g/mol. The number of sulfonamides is 1. The molecule has 0 aliphatic carbocycles. The highest BCUT2D eigenvalue weighted by atomic mass is 32.2. The zero-order valence-corrected chi connectivity index (χ0v) is 22.0. The summed E-state index contributed by atoms with van der Waals surface area (Å²) in [4.78, 5) is 35.2. The van der Waals surface area contributed by atoms with Gasteiger partial charge in [0.2, 0.25) is 5.91 Å². The summed E-state index contributed by atoms with van der Waals surface area (Å²) in [5.41, 5.74) is 3.18. The number of carbonyl (C=O) groups excluding carboxylic acids is 2. The molecule has 4 aromatic carbocycles. The lowest BCUT2D eigenvalue weighted by molar-refractivity contribution is -0.119. The largest absolute Gasteiger partial charge is 0.478 e. The van der Waals surface area contributed by atoms with Crippen molar-refractivity contribution in [3.05, 3.63) is 120 Å². The lowest BCUT2D eigenvalue weighted by Crippen LogP contribution is -2.30. The van der Waals surface area contributed by atoms with Crippen molar-refractivity contribution in [2.75, 3.05) is 4.31 Å². The Kier molecular flexibility index (Phi) is 7.23. The predicted octanol–water partition coefficient (Wildman–Crippen LogP) is 5.47. The molecule has 4 aromatic rings. The van der Waals surface area contributed by atoms with Crippen molar-refractivity contribution in [3.63, 3.8) is 0 Å². The number of carboxylic acids is 1. The third-order valence-corrected chi connectivity index (χ3v) is 9.05. The van der Waals surface area contributed by atoms with E-state index in [1.54, 1.807) is 42.5 Å². The fourth-order valence-electron chi connectivity index (χ4n) is 4.23. The van der Waals surface area contributed by atoms with Gasteiger partial charge in [-0.3, -0.25) is 19.2 Å². The summed E-state index contributed by atoms with van der Waals surface area (Å²) in [6.45, 7) is -0.0882. The van der Waals surface area contributed by atoms with E-state index >= 15 is 0 Å². The highest BCUT2D eigenvalue weighted by Gasteiger charge is 2.33. The van der Waals surface area contributed by atoms with Crippen LogP contribution in [0.25, 0.3) is 11.1 Å². The lowest BCUT2D eigenvalue weighted by Gasteiger charge is -2.25. The molecule has 39 heavy (non-hydrogen) atoms. The second-order valence-corrected chi connectivity index (χ2v) is 11.7. The summed E-state index contributed by atoms with van der Waals surface area (Å²) in [6, 6.07) is 28.6. The van der Waals surface area contributed by atoms with Crippen molar-refractivity contribution in [2.45, 2.75) is 16.7 Å². The smallest absolute Gasteiger partial charge is 0.335 e. The number of carboxylic acid groups (broad SMARTS) is 1. The Labute approximate surface area is 229 Å². The summed E-state index contributed by atoms with van der Waals surface area (Å²) in [5, 5.41) is 10.7. The zero-order valence-electron chi connectivity index (χ0n) is 20.4. The quantitative estimate of drug-likeness (QED) is 0.294. The maximum atomic E-state index is 13.9. The summed E-state index contributed by atoms with van der Waals surface area (Å²) >= 11 is 0.887. The molecule has 1 saturated heterocycles. The molecular weight excluding hydrogens is 536 g/mol. The maximum Gasteiger partial charge on any atom is 0.335 e. The molecule has 0 aromatic heterocycles. The summed E-state index contributed by atoms with van der Waals surface area (Å²) in [5.74, 6) is -1.57. The Morgan fingerprint density at radius 3 is 2.13 bits per heavy atom. The number of hydrogen-bond acceptors (Lipinski definition) is 6. The van der Waals surface area contributed by atoms with Crippen molar-refractivity contribution in [2.24, 2.45) is 0 Å². The molecule has 1 heterocycles. The second kappa shape index (κ2) is 10.8. The van der Waals surface area contributed by atoms with Crippen LogP contribution in [0.5, 0.6) is 0 Å². The van der Waals surface area contributed by atoms with Crippen LogP contribution >= 0.6 is 11.8 Å². The van der Waals surface area contributed by atoms with Crippen LogP contribution in [0.1, 0.15) is 26.7 Å². The monoisotopic (exact) mass is 558 g/mol. The van der Waals surface area contributed by atoms with Crippen LogP contribution in [0.2, 0.25) is 0 Å². The van der Waals surface area contributed by atoms with Crippen LogP contribution < -0.4 is 9.62 Å². The van der Waals surface area contributed by atoms with Crippen LogP contribution in [0.3, 0.4) is 0 Å². The Bertz CT molecular complexity index is 1650. The molecule has 0 spiro atoms. The van der Waals surface area contributed by atoms with Gasteiger partial charge in [-0.25, -0.2) is 13.2 Å². The molecule has 0 radical (unpaired) electrons. The van der Waals surface area contributed by atoms with Crippen molar-refractivity contribution in [3.8, 4) is 11.1 Å². The minimum absolute atomic E-state index is 0.0450. The highest BCUT2D eigenvalue weighted by molar-refractivity contribution is 8.15. The Hall–Kier alpha value is -4.41. The molecule has 1 aliphatic heterocycles. The summed E-state index contributed by atoms with van der Waals surface area (Å²) < 4.78 is 29.0. The third-order valence-electron chi connectivity index (χ3n) is 6.23. The van der Waals surface area contributed by atoms with Gasteiger partial charge in [0, 0.05) is 0 Å². The number of rotatable bonds is 8. The number of nitrogens with one attached hydrogen (secondary N) is 1. The molecule has 10 heteroatoms. The molecule has 2 N–H and O–H groups in total. The van der Waals surface area contributed by atoms with E-state index in [0.717, 1.165) is 27.2 Å². The fourth-order valence-corrected chi connectivity index (χ4v) is 6.50. The van der Waals surface area contributed by atoms with Gasteiger partial charge in [-0.15, -0.1) is 0 Å². The van der Waals surface area contributed by atoms with E-state index in [9.17, 15) is 27.9 Å². The summed E-state index contributed by atoms with van der Waals surface area (Å²) in [7, 11) is -4.11. The van der Waals surface area contributed by atoms with Crippen LogP contribution in [0.15, 0.2) is 108 Å². The molecule has 1 aliphatic rings. The predicted molar refractivity (Wildman–Crippen MR) is 149 cm³/mol. The van der Waals surface area contributed by atoms with E-state index in [-0.39, 0.29) is 22.7 Å². The van der Waals surface area contributed by atoms with Gasteiger partial charge in [0.05, 0.1) is 22.7 Å². The van der Waals surface area contributed by atoms with Crippen LogP contribution in [0.4, 0.5) is 10.5 Å². The molecular formula is C29H22N2O6S2. The molecule has 0 saturated carbocycles. The van der Waals surface area contributed by atoms with Gasteiger partial charge in [-0.1, -0.05) is 72.8 Å². The number of benzene rings is 4. The van der Waals surface area contributed by atoms with Gasteiger partial charge in [-0.2, -0.15) is 0 Å². The number of carbonyl (C=O) groups is 3. The Morgan fingerprint density at radius 2 is 1.51 bits per heavy atom. The third kappa shape index (κ3) is 5.57. The minimum Gasteiger partial charge on any atom is -0.478 e. The van der Waals surface area contributed by atoms with Crippen molar-refractivity contribution < 1.29 is 27.9 Å².